The number of amides is 3. The minimum atomic E-state index is -4.57. The topological polar surface area (TPSA) is 116 Å². The normalized spacial score (nSPS) is 15.2. The number of hydrogen-bond donors (Lipinski definition) is 2. The van der Waals surface area contributed by atoms with Crippen LogP contribution in [0.1, 0.15) is 29.9 Å². The van der Waals surface area contributed by atoms with Crippen LogP contribution in [-0.4, -0.2) is 75.0 Å². The first-order valence-electron chi connectivity index (χ1n) is 10.7. The Morgan fingerprint density at radius 2 is 1.69 bits per heavy atom. The van der Waals surface area contributed by atoms with Crippen LogP contribution >= 0.6 is 11.6 Å². The van der Waals surface area contributed by atoms with Crippen molar-refractivity contribution < 1.29 is 32.7 Å². The quantitative estimate of drug-likeness (QED) is 0.592. The Hall–Kier alpha value is -3.41. The summed E-state index contributed by atoms with van der Waals surface area (Å²) >= 11 is 6.02. The van der Waals surface area contributed by atoms with Gasteiger partial charge in [-0.2, -0.15) is 13.2 Å². The highest BCUT2D eigenvalue weighted by atomic mass is 35.5. The van der Waals surface area contributed by atoms with Gasteiger partial charge in [0.15, 0.2) is 5.82 Å². The number of hydrogen-bond acceptors (Lipinski definition) is 5. The van der Waals surface area contributed by atoms with E-state index in [2.05, 4.69) is 15.3 Å². The monoisotopic (exact) mass is 513 g/mol. The number of carbonyl (C=O) groups excluding carboxylic acids is 2. The standard InChI is InChI=1S/C22H23ClF3N5O4/c1-12(2)17(20(33)30-6-8-31(9-7-30)21(34)35)29-19(32)15-11-16(23)28-18(27-15)13-4-3-5-14(10-13)22(24,25)26/h3-5,10-12,17H,6-9H2,1-2H3,(H,29,32)(H,34,35)/t17-/m0/s1. The maximum absolute atomic E-state index is 13.1. The average molecular weight is 514 g/mol. The highest BCUT2D eigenvalue weighted by Crippen LogP contribution is 2.31. The minimum Gasteiger partial charge on any atom is -0.465 e. The van der Waals surface area contributed by atoms with Crippen LogP contribution in [0.25, 0.3) is 11.4 Å². The van der Waals surface area contributed by atoms with Gasteiger partial charge in [-0.1, -0.05) is 37.6 Å². The first-order valence-corrected chi connectivity index (χ1v) is 11.0. The first kappa shape index (κ1) is 26.2. The summed E-state index contributed by atoms with van der Waals surface area (Å²) in [6, 6.07) is 4.52. The molecule has 1 aliphatic heterocycles. The van der Waals surface area contributed by atoms with Crippen LogP contribution in [0, 0.1) is 5.92 Å². The molecule has 1 aromatic heterocycles. The van der Waals surface area contributed by atoms with Crippen LogP contribution in [0.2, 0.25) is 5.15 Å². The van der Waals surface area contributed by atoms with E-state index < -0.39 is 29.8 Å². The van der Waals surface area contributed by atoms with E-state index in [1.54, 1.807) is 13.8 Å². The van der Waals surface area contributed by atoms with E-state index in [4.69, 9.17) is 16.7 Å². The highest BCUT2D eigenvalue weighted by Gasteiger charge is 2.33. The van der Waals surface area contributed by atoms with Crippen LogP contribution in [0.5, 0.6) is 0 Å². The van der Waals surface area contributed by atoms with Gasteiger partial charge in [0, 0.05) is 37.8 Å². The Morgan fingerprint density at radius 1 is 1.06 bits per heavy atom. The first-order chi connectivity index (χ1) is 16.4. The molecule has 1 atom stereocenters. The Bertz CT molecular complexity index is 1120. The summed E-state index contributed by atoms with van der Waals surface area (Å²) in [5, 5.41) is 11.5. The molecule has 2 heterocycles. The minimum absolute atomic E-state index is 0.0177. The van der Waals surface area contributed by atoms with Crippen molar-refractivity contribution in [1.82, 2.24) is 25.1 Å². The van der Waals surface area contributed by atoms with Crippen molar-refractivity contribution in [1.29, 1.82) is 0 Å². The molecule has 2 N–H and O–H groups in total. The van der Waals surface area contributed by atoms with Crippen molar-refractivity contribution in [3.05, 3.63) is 46.7 Å². The summed E-state index contributed by atoms with van der Waals surface area (Å²) in [5.74, 6) is -1.62. The Balaban J connectivity index is 1.80. The number of aromatic nitrogens is 2. The Morgan fingerprint density at radius 3 is 2.26 bits per heavy atom. The second-order valence-corrected chi connectivity index (χ2v) is 8.66. The fourth-order valence-corrected chi connectivity index (χ4v) is 3.72. The van der Waals surface area contributed by atoms with Gasteiger partial charge < -0.3 is 20.2 Å². The van der Waals surface area contributed by atoms with E-state index in [9.17, 15) is 27.6 Å². The lowest BCUT2D eigenvalue weighted by atomic mass is 10.0. The number of alkyl halides is 3. The van der Waals surface area contributed by atoms with Crippen LogP contribution in [0.4, 0.5) is 18.0 Å². The summed E-state index contributed by atoms with van der Waals surface area (Å²) < 4.78 is 39.2. The zero-order valence-electron chi connectivity index (χ0n) is 18.8. The van der Waals surface area contributed by atoms with Gasteiger partial charge in [0.1, 0.15) is 16.9 Å². The number of carboxylic acid groups (broad SMARTS) is 1. The summed E-state index contributed by atoms with van der Waals surface area (Å²) in [6.07, 6.45) is -5.64. The summed E-state index contributed by atoms with van der Waals surface area (Å²) in [6.45, 7) is 4.14. The summed E-state index contributed by atoms with van der Waals surface area (Å²) in [4.78, 5) is 47.8. The highest BCUT2D eigenvalue weighted by molar-refractivity contribution is 6.29. The second-order valence-electron chi connectivity index (χ2n) is 8.27. The van der Waals surface area contributed by atoms with Gasteiger partial charge in [-0.05, 0) is 18.1 Å². The molecule has 0 radical (unpaired) electrons. The van der Waals surface area contributed by atoms with Gasteiger partial charge in [-0.15, -0.1) is 0 Å². The van der Waals surface area contributed by atoms with Gasteiger partial charge in [-0.25, -0.2) is 14.8 Å². The van der Waals surface area contributed by atoms with E-state index in [1.807, 2.05) is 0 Å². The van der Waals surface area contributed by atoms with Crippen LogP contribution < -0.4 is 5.32 Å². The molecule has 3 rings (SSSR count). The molecule has 0 bridgehead atoms. The Kier molecular flexibility index (Phi) is 7.83. The molecule has 1 saturated heterocycles. The van der Waals surface area contributed by atoms with E-state index >= 15 is 0 Å². The summed E-state index contributed by atoms with van der Waals surface area (Å²) in [5.41, 5.74) is -1.10. The number of rotatable bonds is 5. The molecule has 35 heavy (non-hydrogen) atoms. The smallest absolute Gasteiger partial charge is 0.416 e. The van der Waals surface area contributed by atoms with Crippen molar-refractivity contribution in [3.63, 3.8) is 0 Å². The maximum atomic E-state index is 13.1. The zero-order valence-corrected chi connectivity index (χ0v) is 19.6. The lowest BCUT2D eigenvalue weighted by Gasteiger charge is -2.36. The lowest BCUT2D eigenvalue weighted by molar-refractivity contribution is -0.137. The van der Waals surface area contributed by atoms with Crippen LogP contribution in [-0.2, 0) is 11.0 Å². The number of piperazine rings is 1. The van der Waals surface area contributed by atoms with Crippen LogP contribution in [0.15, 0.2) is 30.3 Å². The fraction of sp³-hybridized carbons (Fsp3) is 0.409. The van der Waals surface area contributed by atoms with E-state index in [-0.39, 0.29) is 60.2 Å². The molecule has 0 saturated carbocycles. The van der Waals surface area contributed by atoms with E-state index in [0.29, 0.717) is 0 Å². The second kappa shape index (κ2) is 10.5. The maximum Gasteiger partial charge on any atom is 0.416 e. The third-order valence-corrected chi connectivity index (χ3v) is 5.65. The van der Waals surface area contributed by atoms with Gasteiger partial charge in [0.2, 0.25) is 5.91 Å². The number of nitrogens with zero attached hydrogens (tertiary/aromatic N) is 4. The average Bonchev–Trinajstić information content (AvgIpc) is 2.81. The molecule has 9 nitrogen and oxygen atoms in total. The number of halogens is 4. The van der Waals surface area contributed by atoms with Crippen molar-refractivity contribution in [2.75, 3.05) is 26.2 Å². The van der Waals surface area contributed by atoms with Gasteiger partial charge in [0.25, 0.3) is 5.91 Å². The molecule has 1 aliphatic rings. The predicted molar refractivity (Wildman–Crippen MR) is 120 cm³/mol. The Labute approximate surface area is 203 Å². The van der Waals surface area contributed by atoms with Crippen molar-refractivity contribution in [2.45, 2.75) is 26.1 Å². The van der Waals surface area contributed by atoms with E-state index in [1.165, 1.54) is 21.9 Å². The molecule has 2 aromatic rings. The molecular weight excluding hydrogens is 491 g/mol. The number of benzene rings is 1. The molecule has 0 spiro atoms. The van der Waals surface area contributed by atoms with Crippen molar-refractivity contribution in [2.24, 2.45) is 5.92 Å². The molecule has 188 valence electrons. The zero-order chi connectivity index (χ0) is 25.9. The molecule has 0 aliphatic carbocycles. The number of nitrogens with one attached hydrogen (secondary N) is 1. The lowest BCUT2D eigenvalue weighted by Crippen LogP contribution is -2.57. The van der Waals surface area contributed by atoms with Crippen molar-refractivity contribution in [3.8, 4) is 11.4 Å². The fourth-order valence-electron chi connectivity index (χ4n) is 3.54. The molecule has 13 heteroatoms. The largest absolute Gasteiger partial charge is 0.465 e. The molecule has 3 amide bonds. The molecule has 0 unspecified atom stereocenters. The van der Waals surface area contributed by atoms with Crippen LogP contribution in [0.3, 0.4) is 0 Å². The van der Waals surface area contributed by atoms with Crippen molar-refractivity contribution >= 4 is 29.5 Å². The third kappa shape index (κ3) is 6.38. The molecule has 1 aromatic carbocycles. The van der Waals surface area contributed by atoms with E-state index in [0.717, 1.165) is 18.2 Å². The molecular formula is C22H23ClF3N5O4. The number of carbonyl (C=O) groups is 3. The summed E-state index contributed by atoms with van der Waals surface area (Å²) in [7, 11) is 0. The van der Waals surface area contributed by atoms with Gasteiger partial charge >= 0.3 is 12.3 Å². The molecule has 1 fully saturated rings. The van der Waals surface area contributed by atoms with Gasteiger partial charge in [-0.3, -0.25) is 9.59 Å². The third-order valence-electron chi connectivity index (χ3n) is 5.46. The predicted octanol–water partition coefficient (Wildman–Crippen LogP) is 3.39. The van der Waals surface area contributed by atoms with Gasteiger partial charge in [0.05, 0.1) is 5.56 Å². The SMILES string of the molecule is CC(C)[C@H](NC(=O)c1cc(Cl)nc(-c2cccc(C(F)(F)F)c2)n1)C(=O)N1CCN(C(=O)O)CC1.